The molecule has 3 amide bonds. The van der Waals surface area contributed by atoms with Gasteiger partial charge in [-0.25, -0.2) is 4.79 Å². The molecule has 2 N–H and O–H groups in total. The molecule has 2 rings (SSSR count). The highest BCUT2D eigenvalue weighted by atomic mass is 16.3. The number of hydrogen-bond acceptors (Lipinski definition) is 3. The topological polar surface area (TPSA) is 74.6 Å². The molecule has 20 heavy (non-hydrogen) atoms. The van der Waals surface area contributed by atoms with Crippen LogP contribution in [0.3, 0.4) is 0 Å². The first-order chi connectivity index (χ1) is 9.56. The van der Waals surface area contributed by atoms with Gasteiger partial charge in [-0.05, 0) is 38.8 Å². The first-order valence-electron chi connectivity index (χ1n) is 6.96. The standard InChI is InChI=1S/C14H21N3O3/c1-10(2)15-14(19)17-7-5-11(6-8-17)16-13(18)12-4-3-9-20-12/h3-4,9-11H,5-8H2,1-2H3,(H,15,19)(H,16,18). The second-order valence-corrected chi connectivity index (χ2v) is 5.32. The zero-order valence-corrected chi connectivity index (χ0v) is 11.9. The van der Waals surface area contributed by atoms with E-state index in [9.17, 15) is 9.59 Å². The van der Waals surface area contributed by atoms with Crippen molar-refractivity contribution in [3.63, 3.8) is 0 Å². The van der Waals surface area contributed by atoms with Gasteiger partial charge in [0, 0.05) is 25.2 Å². The van der Waals surface area contributed by atoms with Crippen LogP contribution in [0.2, 0.25) is 0 Å². The van der Waals surface area contributed by atoms with Gasteiger partial charge in [0.1, 0.15) is 0 Å². The van der Waals surface area contributed by atoms with Crippen molar-refractivity contribution < 1.29 is 14.0 Å². The van der Waals surface area contributed by atoms with Crippen molar-refractivity contribution in [2.75, 3.05) is 13.1 Å². The first kappa shape index (κ1) is 14.4. The smallest absolute Gasteiger partial charge is 0.317 e. The van der Waals surface area contributed by atoms with Crippen molar-refractivity contribution >= 4 is 11.9 Å². The van der Waals surface area contributed by atoms with Crippen molar-refractivity contribution in [2.24, 2.45) is 0 Å². The van der Waals surface area contributed by atoms with Gasteiger partial charge in [-0.1, -0.05) is 0 Å². The molecule has 0 aromatic carbocycles. The second-order valence-electron chi connectivity index (χ2n) is 5.32. The van der Waals surface area contributed by atoms with Crippen LogP contribution in [0, 0.1) is 0 Å². The third-order valence-corrected chi connectivity index (χ3v) is 3.27. The number of furan rings is 1. The van der Waals surface area contributed by atoms with E-state index in [4.69, 9.17) is 4.42 Å². The fourth-order valence-electron chi connectivity index (χ4n) is 2.23. The zero-order valence-electron chi connectivity index (χ0n) is 11.9. The molecule has 1 fully saturated rings. The van der Waals surface area contributed by atoms with E-state index in [1.807, 2.05) is 13.8 Å². The van der Waals surface area contributed by atoms with Crippen LogP contribution >= 0.6 is 0 Å². The lowest BCUT2D eigenvalue weighted by atomic mass is 10.1. The van der Waals surface area contributed by atoms with E-state index >= 15 is 0 Å². The Morgan fingerprint density at radius 3 is 2.60 bits per heavy atom. The Labute approximate surface area is 118 Å². The molecule has 0 aliphatic carbocycles. The van der Waals surface area contributed by atoms with E-state index in [2.05, 4.69) is 10.6 Å². The van der Waals surface area contributed by atoms with Gasteiger partial charge in [0.15, 0.2) is 5.76 Å². The predicted octanol–water partition coefficient (Wildman–Crippen LogP) is 1.59. The number of carbonyl (C=O) groups is 2. The van der Waals surface area contributed by atoms with Crippen molar-refractivity contribution in [3.05, 3.63) is 24.2 Å². The number of hydrogen-bond donors (Lipinski definition) is 2. The minimum Gasteiger partial charge on any atom is -0.459 e. The summed E-state index contributed by atoms with van der Waals surface area (Å²) < 4.78 is 5.05. The van der Waals surface area contributed by atoms with Crippen LogP contribution in [-0.4, -0.2) is 42.0 Å². The molecule has 1 saturated heterocycles. The minimum absolute atomic E-state index is 0.0317. The van der Waals surface area contributed by atoms with Gasteiger partial charge in [0.25, 0.3) is 5.91 Å². The Morgan fingerprint density at radius 2 is 2.05 bits per heavy atom. The van der Waals surface area contributed by atoms with Crippen LogP contribution in [0.4, 0.5) is 4.79 Å². The van der Waals surface area contributed by atoms with Gasteiger partial charge in [-0.3, -0.25) is 4.79 Å². The maximum atomic E-state index is 11.8. The number of carbonyl (C=O) groups excluding carboxylic acids is 2. The Bertz CT molecular complexity index is 448. The molecule has 0 saturated carbocycles. The van der Waals surface area contributed by atoms with Crippen LogP contribution in [0.1, 0.15) is 37.2 Å². The lowest BCUT2D eigenvalue weighted by molar-refractivity contribution is 0.0889. The zero-order chi connectivity index (χ0) is 14.5. The van der Waals surface area contributed by atoms with Crippen molar-refractivity contribution in [1.29, 1.82) is 0 Å². The van der Waals surface area contributed by atoms with E-state index in [1.165, 1.54) is 6.26 Å². The SMILES string of the molecule is CC(C)NC(=O)N1CCC(NC(=O)c2ccco2)CC1. The van der Waals surface area contributed by atoms with Crippen molar-refractivity contribution in [2.45, 2.75) is 38.8 Å². The summed E-state index contributed by atoms with van der Waals surface area (Å²) in [6.07, 6.45) is 3.00. The van der Waals surface area contributed by atoms with E-state index in [0.717, 1.165) is 12.8 Å². The maximum absolute atomic E-state index is 11.8. The quantitative estimate of drug-likeness (QED) is 0.882. The molecule has 110 valence electrons. The van der Waals surface area contributed by atoms with E-state index in [1.54, 1.807) is 17.0 Å². The molecule has 1 aromatic heterocycles. The lowest BCUT2D eigenvalue weighted by Crippen LogP contribution is -2.50. The van der Waals surface area contributed by atoms with Gasteiger partial charge in [-0.2, -0.15) is 0 Å². The number of nitrogens with zero attached hydrogens (tertiary/aromatic N) is 1. The van der Waals surface area contributed by atoms with E-state index in [0.29, 0.717) is 18.8 Å². The molecule has 0 radical (unpaired) electrons. The lowest BCUT2D eigenvalue weighted by Gasteiger charge is -2.32. The number of piperidine rings is 1. The summed E-state index contributed by atoms with van der Waals surface area (Å²) in [7, 11) is 0. The maximum Gasteiger partial charge on any atom is 0.317 e. The summed E-state index contributed by atoms with van der Waals surface area (Å²) >= 11 is 0. The van der Waals surface area contributed by atoms with Crippen molar-refractivity contribution in [3.8, 4) is 0 Å². The Morgan fingerprint density at radius 1 is 1.35 bits per heavy atom. The number of urea groups is 1. The summed E-state index contributed by atoms with van der Waals surface area (Å²) in [6.45, 7) is 5.19. The molecule has 1 aromatic rings. The monoisotopic (exact) mass is 279 g/mol. The van der Waals surface area contributed by atoms with Gasteiger partial charge >= 0.3 is 6.03 Å². The largest absolute Gasteiger partial charge is 0.459 e. The molecular formula is C14H21N3O3. The summed E-state index contributed by atoms with van der Waals surface area (Å²) in [6, 6.07) is 3.53. The fourth-order valence-corrected chi connectivity index (χ4v) is 2.23. The van der Waals surface area contributed by atoms with Crippen LogP contribution < -0.4 is 10.6 Å². The average molecular weight is 279 g/mol. The molecule has 1 aliphatic rings. The normalized spacial score (nSPS) is 16.2. The molecule has 2 heterocycles. The molecular weight excluding hydrogens is 258 g/mol. The van der Waals surface area contributed by atoms with E-state index < -0.39 is 0 Å². The summed E-state index contributed by atoms with van der Waals surface area (Å²) in [5, 5.41) is 5.81. The van der Waals surface area contributed by atoms with Gasteiger partial charge in [0.05, 0.1) is 6.26 Å². The molecule has 0 spiro atoms. The Hall–Kier alpha value is -1.98. The van der Waals surface area contributed by atoms with Gasteiger partial charge < -0.3 is 20.0 Å². The van der Waals surface area contributed by atoms with Crippen LogP contribution in [-0.2, 0) is 0 Å². The van der Waals surface area contributed by atoms with Crippen LogP contribution in [0.15, 0.2) is 22.8 Å². The van der Waals surface area contributed by atoms with Gasteiger partial charge in [-0.15, -0.1) is 0 Å². The number of rotatable bonds is 3. The minimum atomic E-state index is -0.194. The van der Waals surface area contributed by atoms with Crippen molar-refractivity contribution in [1.82, 2.24) is 15.5 Å². The summed E-state index contributed by atoms with van der Waals surface area (Å²) in [4.78, 5) is 25.5. The highest BCUT2D eigenvalue weighted by molar-refractivity contribution is 5.91. The molecule has 0 unspecified atom stereocenters. The number of amides is 3. The Kier molecular flexibility index (Phi) is 4.65. The highest BCUT2D eigenvalue weighted by Crippen LogP contribution is 2.11. The van der Waals surface area contributed by atoms with Crippen LogP contribution in [0.25, 0.3) is 0 Å². The number of nitrogens with one attached hydrogen (secondary N) is 2. The molecule has 0 atom stereocenters. The Balaban J connectivity index is 1.77. The summed E-state index contributed by atoms with van der Waals surface area (Å²) in [5.41, 5.74) is 0. The first-order valence-corrected chi connectivity index (χ1v) is 6.96. The third-order valence-electron chi connectivity index (χ3n) is 3.27. The number of likely N-dealkylation sites (tertiary alicyclic amines) is 1. The van der Waals surface area contributed by atoms with Crippen LogP contribution in [0.5, 0.6) is 0 Å². The summed E-state index contributed by atoms with van der Waals surface area (Å²) in [5.74, 6) is 0.130. The molecule has 1 aliphatic heterocycles. The second kappa shape index (κ2) is 6.45. The average Bonchev–Trinajstić information content (AvgIpc) is 2.92. The van der Waals surface area contributed by atoms with E-state index in [-0.39, 0.29) is 24.0 Å². The van der Waals surface area contributed by atoms with Gasteiger partial charge in [0.2, 0.25) is 0 Å². The third kappa shape index (κ3) is 3.76. The molecule has 6 heteroatoms. The molecule has 0 bridgehead atoms. The molecule has 6 nitrogen and oxygen atoms in total. The fraction of sp³-hybridized carbons (Fsp3) is 0.571. The highest BCUT2D eigenvalue weighted by Gasteiger charge is 2.24. The predicted molar refractivity (Wildman–Crippen MR) is 74.4 cm³/mol.